The van der Waals surface area contributed by atoms with E-state index < -0.39 is 4.92 Å². The van der Waals surface area contributed by atoms with Crippen LogP contribution in [0.4, 0.5) is 5.69 Å². The topological polar surface area (TPSA) is 63.5 Å². The van der Waals surface area contributed by atoms with E-state index in [2.05, 4.69) is 15.9 Å². The molecule has 0 unspecified atom stereocenters. The Morgan fingerprint density at radius 2 is 2.20 bits per heavy atom. The van der Waals surface area contributed by atoms with Gasteiger partial charge in [-0.05, 0) is 31.7 Å². The number of hydrogen-bond acceptors (Lipinski definition) is 3. The molecule has 20 heavy (non-hydrogen) atoms. The Kier molecular flexibility index (Phi) is 4.75. The average molecular weight is 341 g/mol. The van der Waals surface area contributed by atoms with Crippen molar-refractivity contribution in [3.05, 3.63) is 39.4 Å². The highest BCUT2D eigenvalue weighted by Gasteiger charge is 2.30. The summed E-state index contributed by atoms with van der Waals surface area (Å²) >= 11 is 3.37. The van der Waals surface area contributed by atoms with Gasteiger partial charge in [0.15, 0.2) is 0 Å². The van der Waals surface area contributed by atoms with Crippen LogP contribution in [0.1, 0.15) is 35.2 Å². The smallest absolute Gasteiger partial charge is 0.270 e. The lowest BCUT2D eigenvalue weighted by Gasteiger charge is -2.37. The number of carbonyl (C=O) groups excluding carboxylic acids is 1. The van der Waals surface area contributed by atoms with E-state index in [9.17, 15) is 14.9 Å². The minimum atomic E-state index is -0.464. The normalized spacial score (nSPS) is 14.7. The number of benzene rings is 1. The minimum Gasteiger partial charge on any atom is -0.335 e. The molecule has 1 aliphatic carbocycles. The fourth-order valence-electron chi connectivity index (χ4n) is 2.35. The second-order valence-corrected chi connectivity index (χ2v) is 5.82. The Bertz CT molecular complexity index is 529. The summed E-state index contributed by atoms with van der Waals surface area (Å²) in [5, 5.41) is 11.6. The van der Waals surface area contributed by atoms with Crippen molar-refractivity contribution in [2.75, 3.05) is 11.9 Å². The second-order valence-electron chi connectivity index (χ2n) is 5.03. The van der Waals surface area contributed by atoms with Gasteiger partial charge in [-0.25, -0.2) is 0 Å². The Hall–Kier alpha value is -1.43. The highest BCUT2D eigenvalue weighted by molar-refractivity contribution is 9.09. The van der Waals surface area contributed by atoms with Crippen molar-refractivity contribution in [3.63, 3.8) is 0 Å². The van der Waals surface area contributed by atoms with Gasteiger partial charge >= 0.3 is 0 Å². The van der Waals surface area contributed by atoms with Gasteiger partial charge in [-0.1, -0.05) is 22.0 Å². The molecule has 1 saturated carbocycles. The summed E-state index contributed by atoms with van der Waals surface area (Å²) in [5.41, 5.74) is 1.18. The van der Waals surface area contributed by atoms with Gasteiger partial charge in [0.2, 0.25) is 0 Å². The molecule has 6 heteroatoms. The first kappa shape index (κ1) is 15.0. The maximum atomic E-state index is 12.6. The van der Waals surface area contributed by atoms with Gasteiger partial charge in [0.1, 0.15) is 0 Å². The van der Waals surface area contributed by atoms with Gasteiger partial charge < -0.3 is 4.90 Å². The average Bonchev–Trinajstić information content (AvgIpc) is 2.35. The Balaban J connectivity index is 2.30. The number of rotatable bonds is 5. The summed E-state index contributed by atoms with van der Waals surface area (Å²) in [6.45, 7) is 2.44. The molecule has 5 nitrogen and oxygen atoms in total. The molecule has 0 saturated heterocycles. The highest BCUT2D eigenvalue weighted by atomic mass is 79.9. The first-order valence-corrected chi connectivity index (χ1v) is 7.78. The number of alkyl halides is 1. The summed E-state index contributed by atoms with van der Waals surface area (Å²) in [5.74, 6) is -0.102. The van der Waals surface area contributed by atoms with Crippen LogP contribution in [0.5, 0.6) is 0 Å². The lowest BCUT2D eigenvalue weighted by molar-refractivity contribution is -0.384. The van der Waals surface area contributed by atoms with E-state index >= 15 is 0 Å². The van der Waals surface area contributed by atoms with Crippen LogP contribution in [0, 0.1) is 17.0 Å². The fourth-order valence-corrected chi connectivity index (χ4v) is 2.73. The summed E-state index contributed by atoms with van der Waals surface area (Å²) in [6, 6.07) is 4.74. The summed E-state index contributed by atoms with van der Waals surface area (Å²) < 4.78 is 0. The zero-order valence-electron chi connectivity index (χ0n) is 11.3. The van der Waals surface area contributed by atoms with Crippen LogP contribution in [0.25, 0.3) is 0 Å². The monoisotopic (exact) mass is 340 g/mol. The summed E-state index contributed by atoms with van der Waals surface area (Å²) in [4.78, 5) is 24.9. The number of nitro groups is 1. The van der Waals surface area contributed by atoms with Crippen LogP contribution in [-0.2, 0) is 0 Å². The molecule has 1 amide bonds. The number of hydrogen-bond donors (Lipinski definition) is 0. The molecule has 0 aromatic heterocycles. The molecule has 0 heterocycles. The van der Waals surface area contributed by atoms with Gasteiger partial charge in [-0.15, -0.1) is 0 Å². The molecular formula is C14H17BrN2O3. The quantitative estimate of drug-likeness (QED) is 0.469. The van der Waals surface area contributed by atoms with Gasteiger partial charge in [0.25, 0.3) is 11.6 Å². The number of nitro benzene ring substituents is 1. The number of halogens is 1. The van der Waals surface area contributed by atoms with Crippen molar-refractivity contribution in [2.24, 2.45) is 0 Å². The predicted molar refractivity (Wildman–Crippen MR) is 80.3 cm³/mol. The third-order valence-electron chi connectivity index (χ3n) is 3.76. The summed E-state index contributed by atoms with van der Waals surface area (Å²) in [6.07, 6.45) is 3.18. The minimum absolute atomic E-state index is 0.0358. The van der Waals surface area contributed by atoms with Crippen LogP contribution in [0.15, 0.2) is 18.2 Å². The summed E-state index contributed by atoms with van der Waals surface area (Å²) in [7, 11) is 0. The van der Waals surface area contributed by atoms with Crippen molar-refractivity contribution >= 4 is 27.5 Å². The zero-order valence-corrected chi connectivity index (χ0v) is 12.9. The van der Waals surface area contributed by atoms with Gasteiger partial charge in [-0.2, -0.15) is 0 Å². The van der Waals surface area contributed by atoms with Crippen molar-refractivity contribution < 1.29 is 9.72 Å². The maximum absolute atomic E-state index is 12.6. The molecule has 1 aromatic rings. The SMILES string of the molecule is Cc1ccc([N+](=O)[O-])cc1C(=O)N(CCBr)C1CCC1. The molecule has 1 aliphatic rings. The lowest BCUT2D eigenvalue weighted by atomic mass is 9.90. The standard InChI is InChI=1S/C14H17BrN2O3/c1-10-5-6-12(17(19)20)9-13(10)14(18)16(8-7-15)11-3-2-4-11/h5-6,9,11H,2-4,7-8H2,1H3. The molecule has 0 N–H and O–H groups in total. The van der Waals surface area contributed by atoms with Crippen LogP contribution in [0.2, 0.25) is 0 Å². The van der Waals surface area contributed by atoms with Gasteiger partial charge in [0.05, 0.1) is 4.92 Å². The number of carbonyl (C=O) groups is 1. The predicted octanol–water partition coefficient (Wildman–Crippen LogP) is 3.29. The Labute approximate surface area is 126 Å². The third kappa shape index (κ3) is 3.00. The molecule has 0 aliphatic heterocycles. The molecule has 1 fully saturated rings. The first-order valence-electron chi connectivity index (χ1n) is 6.66. The van der Waals surface area contributed by atoms with Crippen LogP contribution < -0.4 is 0 Å². The molecule has 1 aromatic carbocycles. The number of non-ortho nitro benzene ring substituents is 1. The molecule has 2 rings (SSSR count). The molecule has 0 radical (unpaired) electrons. The van der Waals surface area contributed by atoms with Crippen molar-refractivity contribution in [1.29, 1.82) is 0 Å². The molecular weight excluding hydrogens is 324 g/mol. The van der Waals surface area contributed by atoms with Gasteiger partial charge in [0, 0.05) is 35.6 Å². The van der Waals surface area contributed by atoms with E-state index in [1.807, 2.05) is 11.8 Å². The number of nitrogens with zero attached hydrogens (tertiary/aromatic N) is 2. The molecule has 0 bridgehead atoms. The Morgan fingerprint density at radius 3 is 2.70 bits per heavy atom. The van der Waals surface area contributed by atoms with Crippen molar-refractivity contribution in [3.8, 4) is 0 Å². The van der Waals surface area contributed by atoms with Gasteiger partial charge in [-0.3, -0.25) is 14.9 Å². The van der Waals surface area contributed by atoms with E-state index in [1.165, 1.54) is 12.1 Å². The van der Waals surface area contributed by atoms with Crippen LogP contribution >= 0.6 is 15.9 Å². The third-order valence-corrected chi connectivity index (χ3v) is 4.12. The zero-order chi connectivity index (χ0) is 14.7. The lowest BCUT2D eigenvalue weighted by Crippen LogP contribution is -2.45. The van der Waals surface area contributed by atoms with Crippen LogP contribution in [0.3, 0.4) is 0 Å². The largest absolute Gasteiger partial charge is 0.335 e. The molecule has 0 spiro atoms. The Morgan fingerprint density at radius 1 is 1.50 bits per heavy atom. The van der Waals surface area contributed by atoms with E-state index in [1.54, 1.807) is 6.07 Å². The van der Waals surface area contributed by atoms with Crippen molar-refractivity contribution in [1.82, 2.24) is 4.90 Å². The first-order chi connectivity index (χ1) is 9.54. The number of aryl methyl sites for hydroxylation is 1. The van der Waals surface area contributed by atoms with E-state index in [4.69, 9.17) is 0 Å². The van der Waals surface area contributed by atoms with Crippen LogP contribution in [-0.4, -0.2) is 33.6 Å². The molecule has 108 valence electrons. The molecule has 0 atom stereocenters. The van der Waals surface area contributed by atoms with Crippen molar-refractivity contribution in [2.45, 2.75) is 32.2 Å². The highest BCUT2D eigenvalue weighted by Crippen LogP contribution is 2.28. The number of amides is 1. The fraction of sp³-hybridized carbons (Fsp3) is 0.500. The van der Waals surface area contributed by atoms with E-state index in [0.717, 1.165) is 24.8 Å². The maximum Gasteiger partial charge on any atom is 0.270 e. The van der Waals surface area contributed by atoms with E-state index in [-0.39, 0.29) is 17.6 Å². The second kappa shape index (κ2) is 6.35. The van der Waals surface area contributed by atoms with E-state index in [0.29, 0.717) is 17.4 Å².